The molecule has 2 atom stereocenters. The molecule has 0 aliphatic heterocycles. The maximum absolute atomic E-state index is 13.1. The van der Waals surface area contributed by atoms with Gasteiger partial charge in [0.25, 0.3) is 11.1 Å². The lowest BCUT2D eigenvalue weighted by atomic mass is 10.1. The average Bonchev–Trinajstić information content (AvgIpc) is 3.45. The van der Waals surface area contributed by atoms with Gasteiger partial charge < -0.3 is 0 Å². The van der Waals surface area contributed by atoms with Crippen LogP contribution in [0.25, 0.3) is 21.8 Å². The van der Waals surface area contributed by atoms with Gasteiger partial charge in [0.05, 0.1) is 47.8 Å². The highest BCUT2D eigenvalue weighted by Gasteiger charge is 2.17. The quantitative estimate of drug-likeness (QED) is 0.300. The van der Waals surface area contributed by atoms with Gasteiger partial charge in [-0.2, -0.15) is 4.80 Å². The van der Waals surface area contributed by atoms with E-state index in [-0.39, 0.29) is 23.2 Å². The van der Waals surface area contributed by atoms with Crippen molar-refractivity contribution in [3.63, 3.8) is 0 Å². The van der Waals surface area contributed by atoms with Crippen molar-refractivity contribution in [2.45, 2.75) is 45.9 Å². The summed E-state index contributed by atoms with van der Waals surface area (Å²) in [7, 11) is 0. The van der Waals surface area contributed by atoms with Crippen LogP contribution in [0.5, 0.6) is 0 Å². The largest absolute Gasteiger partial charge is 0.294 e. The Hall–Kier alpha value is -4.43. The Labute approximate surface area is 184 Å². The van der Waals surface area contributed by atoms with E-state index in [9.17, 15) is 9.59 Å². The number of hydrogen-bond acceptors (Lipinski definition) is 11. The Balaban J connectivity index is 1.53. The predicted octanol–water partition coefficient (Wildman–Crippen LogP) is -0.695. The van der Waals surface area contributed by atoms with E-state index in [1.165, 1.54) is 26.7 Å². The molecule has 168 valence electrons. The van der Waals surface area contributed by atoms with Crippen molar-refractivity contribution in [3.05, 3.63) is 51.3 Å². The van der Waals surface area contributed by atoms with Crippen LogP contribution in [0.4, 0.5) is 0 Å². The van der Waals surface area contributed by atoms with Crippen LogP contribution in [0.2, 0.25) is 0 Å². The molecule has 15 nitrogen and oxygen atoms in total. The molecule has 15 heteroatoms. The van der Waals surface area contributed by atoms with Gasteiger partial charge >= 0.3 is 0 Å². The zero-order valence-corrected chi connectivity index (χ0v) is 18.0. The number of nitrogens with zero attached hydrogens (tertiary/aromatic N) is 13. The molecule has 0 saturated carbocycles. The lowest BCUT2D eigenvalue weighted by molar-refractivity contribution is 0.372. The van der Waals surface area contributed by atoms with Gasteiger partial charge in [0.15, 0.2) is 6.33 Å². The van der Waals surface area contributed by atoms with Gasteiger partial charge in [0.2, 0.25) is 0 Å². The van der Waals surface area contributed by atoms with Crippen LogP contribution in [0, 0.1) is 6.92 Å². The summed E-state index contributed by atoms with van der Waals surface area (Å²) < 4.78 is 4.36. The molecule has 0 aliphatic rings. The Bertz CT molecular complexity index is 1570. The predicted molar refractivity (Wildman–Crippen MR) is 113 cm³/mol. The first-order valence-corrected chi connectivity index (χ1v) is 10.2. The van der Waals surface area contributed by atoms with Crippen LogP contribution in [0.3, 0.4) is 0 Å². The summed E-state index contributed by atoms with van der Waals surface area (Å²) in [6, 6.07) is 2.50. The second-order valence-corrected chi connectivity index (χ2v) is 7.78. The number of hydrogen-bond donors (Lipinski definition) is 0. The summed E-state index contributed by atoms with van der Waals surface area (Å²) in [6.45, 7) is 6.16. The molecule has 0 unspecified atom stereocenters. The fourth-order valence-corrected chi connectivity index (χ4v) is 3.63. The third kappa shape index (κ3) is 3.62. The normalized spacial score (nSPS) is 13.5. The Morgan fingerprint density at radius 1 is 0.909 bits per heavy atom. The molecule has 5 rings (SSSR count). The van der Waals surface area contributed by atoms with E-state index in [0.717, 1.165) is 0 Å². The number of tetrazole rings is 2. The molecule has 0 spiro atoms. The van der Waals surface area contributed by atoms with Crippen molar-refractivity contribution in [2.24, 2.45) is 0 Å². The van der Waals surface area contributed by atoms with E-state index in [2.05, 4.69) is 46.2 Å². The van der Waals surface area contributed by atoms with Gasteiger partial charge in [-0.3, -0.25) is 14.2 Å². The van der Waals surface area contributed by atoms with E-state index >= 15 is 0 Å². The second-order valence-electron chi connectivity index (χ2n) is 7.78. The molecule has 5 aromatic rings. The lowest BCUT2D eigenvalue weighted by Crippen LogP contribution is -2.30. The molecule has 1 aromatic carbocycles. The van der Waals surface area contributed by atoms with Crippen LogP contribution in [-0.4, -0.2) is 65.0 Å². The number of fused-ring (bicyclic) bond motifs is 2. The molecule has 4 aromatic heterocycles. The lowest BCUT2D eigenvalue weighted by Gasteiger charge is -2.15. The summed E-state index contributed by atoms with van der Waals surface area (Å²) >= 11 is 0. The van der Waals surface area contributed by atoms with Crippen LogP contribution < -0.4 is 11.1 Å². The smallest absolute Gasteiger partial charge is 0.277 e. The third-order valence-electron chi connectivity index (χ3n) is 5.45. The van der Waals surface area contributed by atoms with Crippen molar-refractivity contribution >= 4 is 21.8 Å². The molecule has 0 saturated heterocycles. The first kappa shape index (κ1) is 20.5. The Morgan fingerprint density at radius 2 is 1.70 bits per heavy atom. The van der Waals surface area contributed by atoms with Crippen LogP contribution in [0.1, 0.15) is 31.8 Å². The van der Waals surface area contributed by atoms with Gasteiger partial charge in [0, 0.05) is 0 Å². The zero-order chi connectivity index (χ0) is 23.1. The molecule has 0 fully saturated rings. The number of aryl methyl sites for hydroxylation is 1. The van der Waals surface area contributed by atoms with Crippen LogP contribution in [-0.2, 0) is 13.1 Å². The molecular formula is C18H19N13O2. The fraction of sp³-hybridized carbons (Fsp3) is 0.389. The first-order chi connectivity index (χ1) is 15.9. The molecule has 0 amide bonds. The Morgan fingerprint density at radius 3 is 2.42 bits per heavy atom. The van der Waals surface area contributed by atoms with E-state index in [4.69, 9.17) is 0 Å². The van der Waals surface area contributed by atoms with Crippen molar-refractivity contribution in [2.75, 3.05) is 0 Å². The van der Waals surface area contributed by atoms with Crippen molar-refractivity contribution in [1.29, 1.82) is 0 Å². The number of benzene rings is 1. The summed E-state index contributed by atoms with van der Waals surface area (Å²) in [5.41, 5.74) is 0.118. The molecule has 0 bridgehead atoms. The molecule has 0 aliphatic carbocycles. The van der Waals surface area contributed by atoms with E-state index in [0.29, 0.717) is 40.7 Å². The highest BCUT2D eigenvalue weighted by Crippen LogP contribution is 2.16. The zero-order valence-electron chi connectivity index (χ0n) is 18.0. The number of rotatable bonds is 6. The maximum atomic E-state index is 13.1. The third-order valence-corrected chi connectivity index (χ3v) is 5.45. The molecule has 4 heterocycles. The van der Waals surface area contributed by atoms with Crippen LogP contribution in [0.15, 0.2) is 34.4 Å². The van der Waals surface area contributed by atoms with Gasteiger partial charge in [-0.05, 0) is 48.5 Å². The monoisotopic (exact) mass is 449 g/mol. The highest BCUT2D eigenvalue weighted by atomic mass is 16.1. The van der Waals surface area contributed by atoms with E-state index in [1.54, 1.807) is 23.7 Å². The molecule has 0 N–H and O–H groups in total. The maximum Gasteiger partial charge on any atom is 0.277 e. The van der Waals surface area contributed by atoms with Crippen LogP contribution >= 0.6 is 0 Å². The van der Waals surface area contributed by atoms with Crippen molar-refractivity contribution in [3.8, 4) is 0 Å². The Kier molecular flexibility index (Phi) is 4.91. The van der Waals surface area contributed by atoms with Gasteiger partial charge in [0.1, 0.15) is 11.3 Å². The summed E-state index contributed by atoms with van der Waals surface area (Å²) in [6.07, 6.45) is 2.78. The van der Waals surface area contributed by atoms with Crippen molar-refractivity contribution in [1.82, 2.24) is 65.0 Å². The minimum absolute atomic E-state index is 0.261. The molecular weight excluding hydrogens is 430 g/mol. The first-order valence-electron chi connectivity index (χ1n) is 10.2. The number of aromatic nitrogens is 13. The average molecular weight is 449 g/mol. The highest BCUT2D eigenvalue weighted by molar-refractivity contribution is 5.93. The van der Waals surface area contributed by atoms with E-state index < -0.39 is 0 Å². The minimum Gasteiger partial charge on any atom is -0.294 e. The van der Waals surface area contributed by atoms with Gasteiger partial charge in [-0.15, -0.1) is 20.4 Å². The minimum atomic E-state index is -0.348. The van der Waals surface area contributed by atoms with Gasteiger partial charge in [-0.1, -0.05) is 5.21 Å². The molecule has 0 radical (unpaired) electrons. The standard InChI is InChI=1S/C18H19N13O2/c1-10(7-30-21-8-20-25-30)28-9-19-15-4-14-16(5-13(15)17(28)32)23-26-31(18(14)33)11(2)6-29-12(3)22-24-27-29/h4-5,8-11H,6-7H2,1-3H3/t10-,11-/m1/s1. The van der Waals surface area contributed by atoms with Crippen molar-refractivity contribution < 1.29 is 0 Å². The summed E-state index contributed by atoms with van der Waals surface area (Å²) in [4.78, 5) is 32.0. The molecule has 33 heavy (non-hydrogen) atoms. The second kappa shape index (κ2) is 7.92. The van der Waals surface area contributed by atoms with Gasteiger partial charge in [-0.25, -0.2) is 14.3 Å². The SMILES string of the molecule is Cc1nnnn1C[C@@H](C)n1nnc2cc3c(=O)n([C@H](C)Cn4ncnn4)cnc3cc2c1=O. The van der Waals surface area contributed by atoms with E-state index in [1.807, 2.05) is 13.8 Å². The summed E-state index contributed by atoms with van der Waals surface area (Å²) in [5, 5.41) is 31.7. The topological polar surface area (TPSA) is 170 Å². The fourth-order valence-electron chi connectivity index (χ4n) is 3.63. The summed E-state index contributed by atoms with van der Waals surface area (Å²) in [5.74, 6) is 0.629.